The van der Waals surface area contributed by atoms with E-state index in [1.807, 2.05) is 25.1 Å². The zero-order chi connectivity index (χ0) is 23.7. The molecule has 0 radical (unpaired) electrons. The monoisotopic (exact) mass is 452 g/mol. The van der Waals surface area contributed by atoms with Gasteiger partial charge in [-0.2, -0.15) is 0 Å². The summed E-state index contributed by atoms with van der Waals surface area (Å²) in [6.45, 7) is 4.59. The maximum atomic E-state index is 13.0. The Balaban J connectivity index is 1.89. The van der Waals surface area contributed by atoms with E-state index >= 15 is 0 Å². The van der Waals surface area contributed by atoms with Crippen LogP contribution in [0.15, 0.2) is 48.5 Å². The molecule has 2 aromatic rings. The van der Waals surface area contributed by atoms with E-state index in [-0.39, 0.29) is 13.2 Å². The highest BCUT2D eigenvalue weighted by atomic mass is 16.5. The molecule has 33 heavy (non-hydrogen) atoms. The van der Waals surface area contributed by atoms with E-state index in [1.165, 1.54) is 6.42 Å². The molecule has 0 saturated carbocycles. The largest absolute Gasteiger partial charge is 0.468 e. The van der Waals surface area contributed by atoms with E-state index in [0.717, 1.165) is 42.7 Å². The van der Waals surface area contributed by atoms with Crippen molar-refractivity contribution in [2.45, 2.75) is 44.4 Å². The number of amides is 1. The fourth-order valence-electron chi connectivity index (χ4n) is 4.57. The second kappa shape index (κ2) is 11.5. The van der Waals surface area contributed by atoms with Crippen LogP contribution >= 0.6 is 0 Å². The van der Waals surface area contributed by atoms with Gasteiger partial charge in [0.25, 0.3) is 6.47 Å². The van der Waals surface area contributed by atoms with Gasteiger partial charge in [-0.15, -0.1) is 0 Å². The lowest BCUT2D eigenvalue weighted by Crippen LogP contribution is -2.43. The highest BCUT2D eigenvalue weighted by molar-refractivity contribution is 5.94. The first kappa shape index (κ1) is 24.3. The van der Waals surface area contributed by atoms with E-state index in [4.69, 9.17) is 10.5 Å². The molecular formula is C26H32N2O5. The highest BCUT2D eigenvalue weighted by Crippen LogP contribution is 2.41. The van der Waals surface area contributed by atoms with Crippen molar-refractivity contribution in [1.82, 2.24) is 0 Å². The SMILES string of the molecule is CCC(C(N)=O)(c1ccc(C(=O)OCCCOC=O)cc1)c1ccccc1N1CCCCC1. The molecule has 176 valence electrons. The van der Waals surface area contributed by atoms with Gasteiger partial charge in [0, 0.05) is 25.2 Å². The summed E-state index contributed by atoms with van der Waals surface area (Å²) in [5.74, 6) is -0.887. The van der Waals surface area contributed by atoms with Crippen molar-refractivity contribution in [2.24, 2.45) is 5.73 Å². The first-order chi connectivity index (χ1) is 16.0. The molecule has 1 aliphatic rings. The first-order valence-corrected chi connectivity index (χ1v) is 11.5. The molecule has 1 amide bonds. The van der Waals surface area contributed by atoms with Gasteiger partial charge in [-0.3, -0.25) is 9.59 Å². The third-order valence-electron chi connectivity index (χ3n) is 6.33. The number of carbonyl (C=O) groups excluding carboxylic acids is 3. The van der Waals surface area contributed by atoms with Gasteiger partial charge >= 0.3 is 5.97 Å². The number of rotatable bonds is 11. The van der Waals surface area contributed by atoms with Crippen LogP contribution in [0.5, 0.6) is 0 Å². The minimum Gasteiger partial charge on any atom is -0.468 e. The predicted molar refractivity (Wildman–Crippen MR) is 126 cm³/mol. The van der Waals surface area contributed by atoms with Gasteiger partial charge in [0.2, 0.25) is 5.91 Å². The number of piperidine rings is 1. The zero-order valence-electron chi connectivity index (χ0n) is 19.1. The van der Waals surface area contributed by atoms with Crippen LogP contribution in [-0.2, 0) is 24.5 Å². The van der Waals surface area contributed by atoms with Crippen molar-refractivity contribution in [3.05, 3.63) is 65.2 Å². The second-order valence-electron chi connectivity index (χ2n) is 8.22. The second-order valence-corrected chi connectivity index (χ2v) is 8.22. The number of nitrogens with zero attached hydrogens (tertiary/aromatic N) is 1. The van der Waals surface area contributed by atoms with Crippen LogP contribution in [0.3, 0.4) is 0 Å². The Morgan fingerprint density at radius 3 is 2.36 bits per heavy atom. The molecule has 1 saturated heterocycles. The Bertz CT molecular complexity index is 953. The Hall–Kier alpha value is -3.35. The molecule has 7 heteroatoms. The first-order valence-electron chi connectivity index (χ1n) is 11.5. The lowest BCUT2D eigenvalue weighted by atomic mass is 9.70. The molecule has 1 atom stereocenters. The van der Waals surface area contributed by atoms with Crippen molar-refractivity contribution in [3.63, 3.8) is 0 Å². The molecule has 2 aromatic carbocycles. The van der Waals surface area contributed by atoms with Gasteiger partial charge in [0.05, 0.1) is 18.8 Å². The number of benzene rings is 2. The summed E-state index contributed by atoms with van der Waals surface area (Å²) in [5.41, 5.74) is 8.12. The van der Waals surface area contributed by atoms with Gasteiger partial charge in [-0.25, -0.2) is 4.79 Å². The van der Waals surface area contributed by atoms with Gasteiger partial charge in [-0.05, 0) is 55.0 Å². The molecule has 3 rings (SSSR count). The standard InChI is InChI=1S/C26H32N2O5/c1-2-26(25(27)31,22-9-4-5-10-23(22)28-15-6-3-7-16-28)21-13-11-20(12-14-21)24(30)33-18-8-17-32-19-29/h4-5,9-14,19H,2-3,6-8,15-18H2,1H3,(H2,27,31). The minimum atomic E-state index is -1.01. The number of nitrogens with two attached hydrogens (primary N) is 1. The van der Waals surface area contributed by atoms with E-state index in [2.05, 4.69) is 15.7 Å². The van der Waals surface area contributed by atoms with Crippen molar-refractivity contribution < 1.29 is 23.9 Å². The topological polar surface area (TPSA) is 98.9 Å². The highest BCUT2D eigenvalue weighted by Gasteiger charge is 2.41. The molecule has 1 fully saturated rings. The molecule has 0 aromatic heterocycles. The van der Waals surface area contributed by atoms with Crippen molar-refractivity contribution >= 4 is 24.0 Å². The van der Waals surface area contributed by atoms with Crippen LogP contribution < -0.4 is 10.6 Å². The summed E-state index contributed by atoms with van der Waals surface area (Å²) in [5, 5.41) is 0. The lowest BCUT2D eigenvalue weighted by Gasteiger charge is -2.37. The van der Waals surface area contributed by atoms with Gasteiger partial charge in [0.15, 0.2) is 0 Å². The molecule has 0 bridgehead atoms. The average Bonchev–Trinajstić information content (AvgIpc) is 2.85. The third-order valence-corrected chi connectivity index (χ3v) is 6.33. The number of anilines is 1. The minimum absolute atomic E-state index is 0.151. The zero-order valence-corrected chi connectivity index (χ0v) is 19.1. The summed E-state index contributed by atoms with van der Waals surface area (Å²) in [6, 6.07) is 14.9. The van der Waals surface area contributed by atoms with Crippen LogP contribution in [0.2, 0.25) is 0 Å². The number of hydrogen-bond donors (Lipinski definition) is 1. The molecular weight excluding hydrogens is 420 g/mol. The van der Waals surface area contributed by atoms with Crippen LogP contribution in [-0.4, -0.2) is 44.7 Å². The maximum Gasteiger partial charge on any atom is 0.338 e. The van der Waals surface area contributed by atoms with E-state index in [1.54, 1.807) is 24.3 Å². The molecule has 0 spiro atoms. The van der Waals surface area contributed by atoms with Crippen LogP contribution in [0, 0.1) is 0 Å². The number of hydrogen-bond acceptors (Lipinski definition) is 6. The van der Waals surface area contributed by atoms with Gasteiger partial charge in [-0.1, -0.05) is 37.3 Å². The van der Waals surface area contributed by atoms with E-state index in [0.29, 0.717) is 24.9 Å². The Labute approximate surface area is 194 Å². The van der Waals surface area contributed by atoms with Crippen LogP contribution in [0.25, 0.3) is 0 Å². The summed E-state index contributed by atoms with van der Waals surface area (Å²) in [4.78, 5) is 37.8. The van der Waals surface area contributed by atoms with Crippen molar-refractivity contribution in [3.8, 4) is 0 Å². The van der Waals surface area contributed by atoms with Crippen LogP contribution in [0.4, 0.5) is 5.69 Å². The fraction of sp³-hybridized carbons (Fsp3) is 0.423. The normalized spacial score (nSPS) is 15.4. The fourth-order valence-corrected chi connectivity index (χ4v) is 4.57. The quantitative estimate of drug-likeness (QED) is 0.318. The Morgan fingerprint density at radius 2 is 1.73 bits per heavy atom. The average molecular weight is 453 g/mol. The molecule has 1 unspecified atom stereocenters. The van der Waals surface area contributed by atoms with Crippen molar-refractivity contribution in [1.29, 1.82) is 0 Å². The predicted octanol–water partition coefficient (Wildman–Crippen LogP) is 3.58. The number of primary amides is 1. The Kier molecular flexibility index (Phi) is 8.46. The molecule has 7 nitrogen and oxygen atoms in total. The lowest BCUT2D eigenvalue weighted by molar-refractivity contribution is -0.129. The maximum absolute atomic E-state index is 13.0. The van der Waals surface area contributed by atoms with Gasteiger partial charge in [0.1, 0.15) is 5.41 Å². The summed E-state index contributed by atoms with van der Waals surface area (Å²) in [6.07, 6.45) is 4.39. The van der Waals surface area contributed by atoms with Gasteiger partial charge < -0.3 is 20.1 Å². The van der Waals surface area contributed by atoms with E-state index in [9.17, 15) is 14.4 Å². The third kappa shape index (κ3) is 5.35. The number of esters is 1. The summed E-state index contributed by atoms with van der Waals surface area (Å²) in [7, 11) is 0. The van der Waals surface area contributed by atoms with Crippen molar-refractivity contribution in [2.75, 3.05) is 31.2 Å². The summed E-state index contributed by atoms with van der Waals surface area (Å²) >= 11 is 0. The van der Waals surface area contributed by atoms with Crippen LogP contribution in [0.1, 0.15) is 60.5 Å². The molecule has 0 aliphatic carbocycles. The number of ether oxygens (including phenoxy) is 2. The number of para-hydroxylation sites is 1. The molecule has 1 heterocycles. The smallest absolute Gasteiger partial charge is 0.338 e. The molecule has 2 N–H and O–H groups in total. The van der Waals surface area contributed by atoms with E-state index < -0.39 is 17.3 Å². The Morgan fingerprint density at radius 1 is 1.03 bits per heavy atom. The number of carbonyl (C=O) groups is 3. The summed E-state index contributed by atoms with van der Waals surface area (Å²) < 4.78 is 9.81. The molecule has 1 aliphatic heterocycles.